The van der Waals surface area contributed by atoms with Crippen molar-refractivity contribution in [2.75, 3.05) is 32.7 Å². The van der Waals surface area contributed by atoms with Gasteiger partial charge in [-0.3, -0.25) is 0 Å². The molecule has 33 heavy (non-hydrogen) atoms. The zero-order chi connectivity index (χ0) is 23.6. The summed E-state index contributed by atoms with van der Waals surface area (Å²) in [5, 5.41) is 13.5. The van der Waals surface area contributed by atoms with E-state index < -0.39 is 6.10 Å². The van der Waals surface area contributed by atoms with Crippen LogP contribution in [-0.4, -0.2) is 49.5 Å². The summed E-state index contributed by atoms with van der Waals surface area (Å²) in [5.74, 6) is 1.99. The van der Waals surface area contributed by atoms with Gasteiger partial charge >= 0.3 is 6.03 Å². The molecule has 0 aromatic heterocycles. The van der Waals surface area contributed by atoms with Crippen molar-refractivity contribution < 1.29 is 24.1 Å². The van der Waals surface area contributed by atoms with Crippen LogP contribution in [0, 0.1) is 0 Å². The van der Waals surface area contributed by atoms with Crippen molar-refractivity contribution in [1.82, 2.24) is 4.90 Å². The van der Waals surface area contributed by atoms with Gasteiger partial charge in [0.15, 0.2) is 0 Å². The first kappa shape index (κ1) is 24.4. The molecule has 0 fully saturated rings. The normalized spacial score (nSPS) is 11.4. The molecule has 3 rings (SSSR count). The second-order valence-electron chi connectivity index (χ2n) is 7.27. The van der Waals surface area contributed by atoms with Crippen LogP contribution in [-0.2, 0) is 6.54 Å². The van der Waals surface area contributed by atoms with Crippen LogP contribution < -0.4 is 19.5 Å². The average molecular weight is 515 g/mol. The summed E-state index contributed by atoms with van der Waals surface area (Å²) < 4.78 is 17.2. The fourth-order valence-corrected chi connectivity index (χ4v) is 3.43. The molecule has 8 heteroatoms. The Labute approximate surface area is 202 Å². The Morgan fingerprint density at radius 3 is 2.30 bits per heavy atom. The molecule has 0 aliphatic carbocycles. The van der Waals surface area contributed by atoms with Gasteiger partial charge in [0, 0.05) is 15.7 Å². The number of nitrogens with one attached hydrogen (secondary N) is 1. The molecule has 2 amide bonds. The monoisotopic (exact) mass is 514 g/mol. The number of halogens is 1. The van der Waals surface area contributed by atoms with Crippen LogP contribution in [0.3, 0.4) is 0 Å². The smallest absolute Gasteiger partial charge is 0.322 e. The van der Waals surface area contributed by atoms with Crippen LogP contribution in [0.4, 0.5) is 10.5 Å². The van der Waals surface area contributed by atoms with Gasteiger partial charge in [-0.25, -0.2) is 4.79 Å². The van der Waals surface area contributed by atoms with E-state index in [1.54, 1.807) is 50.6 Å². The Kier molecular flexibility index (Phi) is 8.97. The summed E-state index contributed by atoms with van der Waals surface area (Å²) in [6.45, 7) is 0.350. The molecule has 1 atom stereocenters. The molecule has 174 valence electrons. The van der Waals surface area contributed by atoms with Crippen LogP contribution in [0.2, 0.25) is 0 Å². The Balaban J connectivity index is 1.69. The summed E-state index contributed by atoms with van der Waals surface area (Å²) in [5.41, 5.74) is 1.48. The van der Waals surface area contributed by atoms with E-state index in [1.165, 1.54) is 4.90 Å². The number of benzene rings is 3. The van der Waals surface area contributed by atoms with E-state index in [9.17, 15) is 9.90 Å². The number of para-hydroxylation sites is 1. The second kappa shape index (κ2) is 12.1. The number of hydrogen-bond acceptors (Lipinski definition) is 5. The Bertz CT molecular complexity index is 1030. The molecule has 0 saturated carbocycles. The SMILES string of the molecule is COc1ccc(OCC(O)CN(Cc2ccccc2OC)C(=O)Nc2ccc(Br)cc2)cc1. The van der Waals surface area contributed by atoms with Crippen LogP contribution in [0.25, 0.3) is 0 Å². The fraction of sp³-hybridized carbons (Fsp3) is 0.240. The van der Waals surface area contributed by atoms with Gasteiger partial charge in [0.05, 0.1) is 27.3 Å². The lowest BCUT2D eigenvalue weighted by atomic mass is 10.2. The minimum Gasteiger partial charge on any atom is -0.497 e. The van der Waals surface area contributed by atoms with E-state index in [0.717, 1.165) is 15.8 Å². The highest BCUT2D eigenvalue weighted by atomic mass is 79.9. The van der Waals surface area contributed by atoms with Gasteiger partial charge in [-0.05, 0) is 54.6 Å². The van der Waals surface area contributed by atoms with E-state index in [2.05, 4.69) is 21.2 Å². The number of methoxy groups -OCH3 is 2. The molecule has 3 aromatic carbocycles. The Morgan fingerprint density at radius 2 is 1.64 bits per heavy atom. The number of aliphatic hydroxyl groups is 1. The Morgan fingerprint density at radius 1 is 0.970 bits per heavy atom. The molecule has 7 nitrogen and oxygen atoms in total. The number of ether oxygens (including phenoxy) is 3. The summed E-state index contributed by atoms with van der Waals surface area (Å²) >= 11 is 3.39. The van der Waals surface area contributed by atoms with Crippen LogP contribution in [0.5, 0.6) is 17.2 Å². The lowest BCUT2D eigenvalue weighted by Crippen LogP contribution is -2.41. The van der Waals surface area contributed by atoms with Crippen molar-refractivity contribution in [2.24, 2.45) is 0 Å². The van der Waals surface area contributed by atoms with Crippen molar-refractivity contribution in [3.8, 4) is 17.2 Å². The second-order valence-corrected chi connectivity index (χ2v) is 8.19. The van der Waals surface area contributed by atoms with Gasteiger partial charge in [0.25, 0.3) is 0 Å². The highest BCUT2D eigenvalue weighted by Crippen LogP contribution is 2.21. The van der Waals surface area contributed by atoms with E-state index in [-0.39, 0.29) is 25.7 Å². The summed E-state index contributed by atoms with van der Waals surface area (Å²) in [6.07, 6.45) is -0.905. The van der Waals surface area contributed by atoms with Gasteiger partial charge in [-0.15, -0.1) is 0 Å². The van der Waals surface area contributed by atoms with Crippen LogP contribution in [0.1, 0.15) is 5.56 Å². The number of urea groups is 1. The molecule has 0 aliphatic heterocycles. The first-order valence-electron chi connectivity index (χ1n) is 10.4. The standard InChI is InChI=1S/C25H27BrN2O5/c1-31-22-11-13-23(14-12-22)33-17-21(29)16-28(15-18-5-3-4-6-24(18)32-2)25(30)27-20-9-7-19(26)8-10-20/h3-14,21,29H,15-17H2,1-2H3,(H,27,30). The molecule has 0 aliphatic rings. The maximum absolute atomic E-state index is 13.1. The van der Waals surface area contributed by atoms with E-state index in [4.69, 9.17) is 14.2 Å². The van der Waals surface area contributed by atoms with Crippen molar-refractivity contribution in [3.05, 3.63) is 82.8 Å². The number of hydrogen-bond donors (Lipinski definition) is 2. The van der Waals surface area contributed by atoms with Gasteiger partial charge in [-0.1, -0.05) is 34.1 Å². The molecule has 0 radical (unpaired) electrons. The largest absolute Gasteiger partial charge is 0.497 e. The molecule has 2 N–H and O–H groups in total. The maximum atomic E-state index is 13.1. The van der Waals surface area contributed by atoms with Gasteiger partial charge in [0.2, 0.25) is 0 Å². The van der Waals surface area contributed by atoms with Crippen molar-refractivity contribution in [2.45, 2.75) is 12.6 Å². The fourth-order valence-electron chi connectivity index (χ4n) is 3.17. The number of carbonyl (C=O) groups excluding carboxylic acids is 1. The predicted molar refractivity (Wildman–Crippen MR) is 131 cm³/mol. The van der Waals surface area contributed by atoms with Crippen molar-refractivity contribution in [3.63, 3.8) is 0 Å². The maximum Gasteiger partial charge on any atom is 0.322 e. The van der Waals surface area contributed by atoms with Crippen molar-refractivity contribution in [1.29, 1.82) is 0 Å². The summed E-state index contributed by atoms with van der Waals surface area (Å²) in [4.78, 5) is 14.6. The van der Waals surface area contributed by atoms with Crippen molar-refractivity contribution >= 4 is 27.6 Å². The minimum absolute atomic E-state index is 0.0281. The molecular weight excluding hydrogens is 488 g/mol. The zero-order valence-corrected chi connectivity index (χ0v) is 20.1. The molecule has 0 spiro atoms. The molecule has 3 aromatic rings. The van der Waals surface area contributed by atoms with Gasteiger partial charge in [-0.2, -0.15) is 0 Å². The number of nitrogens with zero attached hydrogens (tertiary/aromatic N) is 1. The Hall–Kier alpha value is -3.23. The molecule has 1 unspecified atom stereocenters. The molecule has 0 heterocycles. The molecule has 0 saturated heterocycles. The number of carbonyl (C=O) groups is 1. The topological polar surface area (TPSA) is 80.3 Å². The minimum atomic E-state index is -0.905. The van der Waals surface area contributed by atoms with Gasteiger partial charge < -0.3 is 29.5 Å². The molecular formula is C25H27BrN2O5. The number of aliphatic hydroxyl groups excluding tert-OH is 1. The van der Waals surface area contributed by atoms with Gasteiger partial charge in [0.1, 0.15) is 30.0 Å². The zero-order valence-electron chi connectivity index (χ0n) is 18.5. The third kappa shape index (κ3) is 7.40. The predicted octanol–water partition coefficient (Wildman–Crippen LogP) is 4.94. The average Bonchev–Trinajstić information content (AvgIpc) is 2.84. The summed E-state index contributed by atoms with van der Waals surface area (Å²) in [6, 6.07) is 21.5. The highest BCUT2D eigenvalue weighted by Gasteiger charge is 2.20. The third-order valence-electron chi connectivity index (χ3n) is 4.87. The first-order chi connectivity index (χ1) is 16.0. The third-order valence-corrected chi connectivity index (χ3v) is 5.40. The van der Waals surface area contributed by atoms with Crippen LogP contribution in [0.15, 0.2) is 77.3 Å². The van der Waals surface area contributed by atoms with E-state index >= 15 is 0 Å². The lowest BCUT2D eigenvalue weighted by molar-refractivity contribution is 0.0771. The highest BCUT2D eigenvalue weighted by molar-refractivity contribution is 9.10. The lowest BCUT2D eigenvalue weighted by Gasteiger charge is -2.26. The number of amides is 2. The summed E-state index contributed by atoms with van der Waals surface area (Å²) in [7, 11) is 3.18. The van der Waals surface area contributed by atoms with Crippen LogP contribution >= 0.6 is 15.9 Å². The first-order valence-corrected chi connectivity index (χ1v) is 11.2. The van der Waals surface area contributed by atoms with E-state index in [1.807, 2.05) is 36.4 Å². The molecule has 0 bridgehead atoms. The quantitative estimate of drug-likeness (QED) is 0.400. The van der Waals surface area contributed by atoms with E-state index in [0.29, 0.717) is 17.2 Å². The number of rotatable bonds is 10. The number of anilines is 1.